The Kier molecular flexibility index (Phi) is 11.9. The second-order valence-corrected chi connectivity index (χ2v) is 9.91. The van der Waals surface area contributed by atoms with Gasteiger partial charge in [-0.05, 0) is 41.8 Å². The van der Waals surface area contributed by atoms with E-state index < -0.39 is 41.2 Å². The van der Waals surface area contributed by atoms with Crippen molar-refractivity contribution in [3.05, 3.63) is 65.5 Å². The molecule has 0 saturated carbocycles. The molecule has 3 unspecified atom stereocenters. The van der Waals surface area contributed by atoms with Gasteiger partial charge in [0.1, 0.15) is 11.9 Å². The van der Waals surface area contributed by atoms with Gasteiger partial charge >= 0.3 is 5.97 Å². The molecule has 206 valence electrons. The molecule has 0 aliphatic carbocycles. The van der Waals surface area contributed by atoms with Crippen LogP contribution in [-0.4, -0.2) is 91.2 Å². The van der Waals surface area contributed by atoms with Crippen LogP contribution in [0.25, 0.3) is 0 Å². The highest BCUT2D eigenvalue weighted by molar-refractivity contribution is 6.24. The number of ether oxygens (including phenoxy) is 1. The number of alkyl halides is 2. The van der Waals surface area contributed by atoms with Crippen molar-refractivity contribution in [1.82, 2.24) is 5.32 Å². The SMILES string of the molecule is BC(O)(O)C(B)(O)OC(=O)C(Cc1ccc(F)cc1)NC(=O)C(N)Cc1ccc(N(CCCl)CCCl)cc1. The van der Waals surface area contributed by atoms with Gasteiger partial charge in [0.2, 0.25) is 19.4 Å². The van der Waals surface area contributed by atoms with Crippen LogP contribution < -0.4 is 16.0 Å². The van der Waals surface area contributed by atoms with Gasteiger partial charge in [0.05, 0.1) is 6.04 Å². The molecule has 0 fully saturated rings. The maximum Gasteiger partial charge on any atom is 0.331 e. The zero-order chi connectivity index (χ0) is 28.5. The summed E-state index contributed by atoms with van der Waals surface area (Å²) in [5.74, 6) is -1.43. The van der Waals surface area contributed by atoms with Crippen LogP contribution in [0.5, 0.6) is 0 Å². The first-order valence-corrected chi connectivity index (χ1v) is 13.0. The van der Waals surface area contributed by atoms with Crippen LogP contribution in [0.4, 0.5) is 10.1 Å². The predicted molar refractivity (Wildman–Crippen MR) is 149 cm³/mol. The summed E-state index contributed by atoms with van der Waals surface area (Å²) in [5, 5.41) is 32.1. The maximum absolute atomic E-state index is 13.3. The molecular formula is C24H32B2Cl2FN3O6. The van der Waals surface area contributed by atoms with E-state index in [2.05, 4.69) is 5.32 Å². The van der Waals surface area contributed by atoms with Crippen molar-refractivity contribution in [2.75, 3.05) is 29.7 Å². The zero-order valence-corrected chi connectivity index (χ0v) is 22.8. The van der Waals surface area contributed by atoms with Gasteiger partial charge in [-0.3, -0.25) is 4.79 Å². The first-order valence-electron chi connectivity index (χ1n) is 11.9. The summed E-state index contributed by atoms with van der Waals surface area (Å²) in [6, 6.07) is 10.2. The van der Waals surface area contributed by atoms with Crippen LogP contribution in [0.2, 0.25) is 0 Å². The highest BCUT2D eigenvalue weighted by Crippen LogP contribution is 2.18. The van der Waals surface area contributed by atoms with Crippen molar-refractivity contribution in [1.29, 1.82) is 0 Å². The highest BCUT2D eigenvalue weighted by atomic mass is 35.5. The van der Waals surface area contributed by atoms with Crippen molar-refractivity contribution in [2.45, 2.75) is 36.3 Å². The highest BCUT2D eigenvalue weighted by Gasteiger charge is 2.44. The molecule has 2 rings (SSSR count). The number of hydrogen-bond acceptors (Lipinski definition) is 8. The number of anilines is 1. The molecule has 6 N–H and O–H groups in total. The number of nitrogens with two attached hydrogens (primary N) is 1. The molecule has 2 aromatic rings. The number of nitrogens with zero attached hydrogens (tertiary/aromatic N) is 1. The first-order chi connectivity index (χ1) is 17.8. The topological polar surface area (TPSA) is 145 Å². The number of hydrogen-bond donors (Lipinski definition) is 5. The van der Waals surface area contributed by atoms with Crippen LogP contribution in [0, 0.1) is 5.82 Å². The van der Waals surface area contributed by atoms with Gasteiger partial charge in [-0.1, -0.05) is 24.3 Å². The van der Waals surface area contributed by atoms with Gasteiger partial charge in [-0.15, -0.1) is 23.2 Å². The number of benzene rings is 2. The molecule has 38 heavy (non-hydrogen) atoms. The summed E-state index contributed by atoms with van der Waals surface area (Å²) in [6.07, 6.45) is 0.0193. The predicted octanol–water partition coefficient (Wildman–Crippen LogP) is -1.20. The average molecular weight is 570 g/mol. The van der Waals surface area contributed by atoms with E-state index in [1.807, 2.05) is 29.2 Å². The molecule has 0 saturated heterocycles. The third-order valence-corrected chi connectivity index (χ3v) is 6.27. The molecule has 1 amide bonds. The smallest absolute Gasteiger partial charge is 0.331 e. The van der Waals surface area contributed by atoms with E-state index in [9.17, 15) is 29.3 Å². The summed E-state index contributed by atoms with van der Waals surface area (Å²) >= 11 is 11.7. The number of aliphatic hydroxyl groups is 3. The second kappa shape index (κ2) is 14.2. The molecule has 0 aromatic heterocycles. The second-order valence-electron chi connectivity index (χ2n) is 9.16. The molecule has 3 atom stereocenters. The molecule has 0 heterocycles. The van der Waals surface area contributed by atoms with Crippen molar-refractivity contribution >= 4 is 56.5 Å². The van der Waals surface area contributed by atoms with Crippen molar-refractivity contribution in [2.24, 2.45) is 5.73 Å². The standard InChI is InChI=1S/C24H32B2Cl2FN3O6/c25-23(35,36)24(26,37)38-22(34)20(14-16-1-5-17(29)6-2-16)31-21(33)19(30)13-15-3-7-18(8-4-15)32(11-9-27)12-10-28/h1-8,19-20,35-37H,9-14,25-26,30H2,(H,31,33). The van der Waals surface area contributed by atoms with E-state index in [-0.39, 0.29) is 12.8 Å². The van der Waals surface area contributed by atoms with Crippen molar-refractivity contribution in [3.63, 3.8) is 0 Å². The zero-order valence-electron chi connectivity index (χ0n) is 21.2. The van der Waals surface area contributed by atoms with E-state index in [1.54, 1.807) is 0 Å². The minimum absolute atomic E-state index is 0.132. The number of nitrogens with one attached hydrogen (secondary N) is 1. The third kappa shape index (κ3) is 9.44. The summed E-state index contributed by atoms with van der Waals surface area (Å²) in [6.45, 7) is 1.25. The quantitative estimate of drug-likeness (QED) is 0.0826. The fourth-order valence-electron chi connectivity index (χ4n) is 3.46. The van der Waals surface area contributed by atoms with E-state index in [4.69, 9.17) is 33.7 Å². The summed E-state index contributed by atoms with van der Waals surface area (Å²) in [4.78, 5) is 27.8. The van der Waals surface area contributed by atoms with Gasteiger partial charge in [0.25, 0.3) is 0 Å². The fourth-order valence-corrected chi connectivity index (χ4v) is 3.86. The Morgan fingerprint density at radius 3 is 1.97 bits per heavy atom. The molecule has 2 aromatic carbocycles. The Balaban J connectivity index is 2.14. The van der Waals surface area contributed by atoms with E-state index in [0.29, 0.717) is 30.4 Å². The Morgan fingerprint density at radius 2 is 1.47 bits per heavy atom. The molecule has 9 nitrogen and oxygen atoms in total. The van der Waals surface area contributed by atoms with Gasteiger partial charge in [0, 0.05) is 37.0 Å². The van der Waals surface area contributed by atoms with Gasteiger partial charge in [-0.25, -0.2) is 9.18 Å². The lowest BCUT2D eigenvalue weighted by atomic mass is 9.75. The van der Waals surface area contributed by atoms with Crippen LogP contribution in [0.1, 0.15) is 11.1 Å². The number of esters is 1. The summed E-state index contributed by atoms with van der Waals surface area (Å²) < 4.78 is 18.2. The summed E-state index contributed by atoms with van der Waals surface area (Å²) in [5.41, 5.74) is 2.82. The Morgan fingerprint density at radius 1 is 0.974 bits per heavy atom. The molecule has 0 radical (unpaired) electrons. The van der Waals surface area contributed by atoms with Crippen LogP contribution in [0.3, 0.4) is 0 Å². The Labute approximate surface area is 232 Å². The lowest BCUT2D eigenvalue weighted by Crippen LogP contribution is -2.60. The largest absolute Gasteiger partial charge is 0.436 e. The van der Waals surface area contributed by atoms with Gasteiger partial charge < -0.3 is 36.0 Å². The number of halogens is 3. The van der Waals surface area contributed by atoms with Gasteiger partial charge in [0.15, 0.2) is 13.5 Å². The van der Waals surface area contributed by atoms with E-state index in [0.717, 1.165) is 26.9 Å². The number of amides is 1. The maximum atomic E-state index is 13.3. The first kappa shape index (κ1) is 31.9. The van der Waals surface area contributed by atoms with Crippen LogP contribution in [-0.2, 0) is 27.2 Å². The molecule has 0 spiro atoms. The van der Waals surface area contributed by atoms with Crippen molar-refractivity contribution < 1.29 is 34.0 Å². The molecule has 14 heteroatoms. The number of carbonyl (C=O) groups excluding carboxylic acids is 2. The monoisotopic (exact) mass is 569 g/mol. The minimum atomic E-state index is -2.78. The van der Waals surface area contributed by atoms with E-state index >= 15 is 0 Å². The normalized spacial score (nSPS) is 14.7. The molecule has 0 aliphatic rings. The molecular weight excluding hydrogens is 538 g/mol. The van der Waals surface area contributed by atoms with Crippen LogP contribution in [0.15, 0.2) is 48.5 Å². The Hall–Kier alpha value is -2.34. The lowest BCUT2D eigenvalue weighted by Gasteiger charge is -2.35. The minimum Gasteiger partial charge on any atom is -0.436 e. The third-order valence-electron chi connectivity index (χ3n) is 5.93. The lowest BCUT2D eigenvalue weighted by molar-refractivity contribution is -0.278. The summed E-state index contributed by atoms with van der Waals surface area (Å²) in [7, 11) is 1.72. The number of rotatable bonds is 14. The van der Waals surface area contributed by atoms with Gasteiger partial charge in [-0.2, -0.15) is 0 Å². The fraction of sp³-hybridized carbons (Fsp3) is 0.417. The molecule has 0 aliphatic heterocycles. The van der Waals surface area contributed by atoms with E-state index in [1.165, 1.54) is 24.3 Å². The van der Waals surface area contributed by atoms with Crippen molar-refractivity contribution in [3.8, 4) is 0 Å². The average Bonchev–Trinajstić information content (AvgIpc) is 2.84. The van der Waals surface area contributed by atoms with Crippen LogP contribution >= 0.6 is 23.2 Å². The Bertz CT molecular complexity index is 1050. The number of carbonyl (C=O) groups is 2. The molecule has 0 bridgehead atoms.